The third kappa shape index (κ3) is 5.92. The van der Waals surface area contributed by atoms with Crippen LogP contribution in [0.4, 0.5) is 0 Å². The molecule has 0 atom stereocenters. The fourth-order valence-corrected chi connectivity index (χ4v) is 2.42. The molecule has 2 N–H and O–H groups in total. The van der Waals surface area contributed by atoms with Crippen LogP contribution >= 0.6 is 35.3 Å². The van der Waals surface area contributed by atoms with Gasteiger partial charge in [0.05, 0.1) is 13.7 Å². The highest BCUT2D eigenvalue weighted by atomic mass is 127. The molecule has 6 heteroatoms. The van der Waals surface area contributed by atoms with Gasteiger partial charge in [-0.2, -0.15) is 0 Å². The summed E-state index contributed by atoms with van der Waals surface area (Å²) < 4.78 is 5.21. The van der Waals surface area contributed by atoms with Crippen molar-refractivity contribution in [3.8, 4) is 5.75 Å². The minimum Gasteiger partial charge on any atom is -0.497 e. The Balaban J connectivity index is 0.00000220. The zero-order valence-corrected chi connectivity index (χ0v) is 15.3. The number of hydrogen-bond donors (Lipinski definition) is 2. The molecule has 2 aromatic rings. The van der Waals surface area contributed by atoms with Crippen molar-refractivity contribution in [1.29, 1.82) is 0 Å². The Morgan fingerprint density at radius 1 is 1.19 bits per heavy atom. The molecule has 1 heterocycles. The zero-order valence-electron chi connectivity index (χ0n) is 12.1. The van der Waals surface area contributed by atoms with Gasteiger partial charge in [0.1, 0.15) is 5.75 Å². The van der Waals surface area contributed by atoms with Gasteiger partial charge in [0.25, 0.3) is 0 Å². The Labute approximate surface area is 146 Å². The lowest BCUT2D eigenvalue weighted by Gasteiger charge is -2.11. The van der Waals surface area contributed by atoms with Crippen molar-refractivity contribution in [2.45, 2.75) is 13.1 Å². The molecule has 0 radical (unpaired) electrons. The summed E-state index contributed by atoms with van der Waals surface area (Å²) in [5.41, 5.74) is 1.16. The van der Waals surface area contributed by atoms with Gasteiger partial charge in [-0.25, -0.2) is 0 Å². The SMILES string of the molecule is CN=C(NCc1cccc(OC)c1)NCc1cccs1.I. The molecule has 2 rings (SSSR count). The van der Waals surface area contributed by atoms with Crippen LogP contribution < -0.4 is 15.4 Å². The molecular formula is C15H20IN3OS. The summed E-state index contributed by atoms with van der Waals surface area (Å²) in [4.78, 5) is 5.50. The van der Waals surface area contributed by atoms with Gasteiger partial charge in [0.2, 0.25) is 0 Å². The second kappa shape index (κ2) is 9.62. The topological polar surface area (TPSA) is 45.7 Å². The van der Waals surface area contributed by atoms with Crippen LogP contribution in [0, 0.1) is 0 Å². The molecule has 0 unspecified atom stereocenters. The number of thiophene rings is 1. The molecule has 0 saturated carbocycles. The van der Waals surface area contributed by atoms with Crippen molar-refractivity contribution < 1.29 is 4.74 Å². The maximum absolute atomic E-state index is 5.21. The van der Waals surface area contributed by atoms with Crippen molar-refractivity contribution in [2.75, 3.05) is 14.2 Å². The summed E-state index contributed by atoms with van der Waals surface area (Å²) in [7, 11) is 3.45. The quantitative estimate of drug-likeness (QED) is 0.446. The molecule has 4 nitrogen and oxygen atoms in total. The monoisotopic (exact) mass is 417 g/mol. The van der Waals surface area contributed by atoms with E-state index in [0.29, 0.717) is 6.54 Å². The van der Waals surface area contributed by atoms with Crippen LogP contribution in [0.5, 0.6) is 5.75 Å². The maximum atomic E-state index is 5.21. The molecule has 0 aliphatic rings. The van der Waals surface area contributed by atoms with E-state index in [4.69, 9.17) is 4.74 Å². The first-order valence-electron chi connectivity index (χ1n) is 6.41. The first-order valence-corrected chi connectivity index (χ1v) is 7.29. The Hall–Kier alpha value is -1.28. The predicted molar refractivity (Wildman–Crippen MR) is 99.8 cm³/mol. The van der Waals surface area contributed by atoms with Crippen LogP contribution in [0.2, 0.25) is 0 Å². The number of methoxy groups -OCH3 is 1. The van der Waals surface area contributed by atoms with Gasteiger partial charge in [0.15, 0.2) is 5.96 Å². The lowest BCUT2D eigenvalue weighted by molar-refractivity contribution is 0.414. The molecule has 0 fully saturated rings. The minimum atomic E-state index is 0. The average Bonchev–Trinajstić information content (AvgIpc) is 3.01. The second-order valence-corrected chi connectivity index (χ2v) is 5.24. The molecule has 1 aromatic heterocycles. The largest absolute Gasteiger partial charge is 0.497 e. The predicted octanol–water partition coefficient (Wildman–Crippen LogP) is 3.24. The molecule has 0 aliphatic heterocycles. The van der Waals surface area contributed by atoms with E-state index in [-0.39, 0.29) is 24.0 Å². The van der Waals surface area contributed by atoms with Gasteiger partial charge in [-0.1, -0.05) is 18.2 Å². The molecule has 0 saturated heterocycles. The number of aliphatic imine (C=N–C) groups is 1. The summed E-state index contributed by atoms with van der Waals surface area (Å²) in [5.74, 6) is 1.66. The van der Waals surface area contributed by atoms with Gasteiger partial charge < -0.3 is 15.4 Å². The van der Waals surface area contributed by atoms with E-state index in [1.54, 1.807) is 25.5 Å². The number of nitrogens with one attached hydrogen (secondary N) is 2. The average molecular weight is 417 g/mol. The summed E-state index contributed by atoms with van der Waals surface area (Å²) in [6, 6.07) is 12.1. The van der Waals surface area contributed by atoms with Crippen molar-refractivity contribution >= 4 is 41.3 Å². The van der Waals surface area contributed by atoms with Crippen LogP contribution in [0.15, 0.2) is 46.8 Å². The molecule has 21 heavy (non-hydrogen) atoms. The van der Waals surface area contributed by atoms with Gasteiger partial charge in [-0.15, -0.1) is 35.3 Å². The van der Waals surface area contributed by atoms with E-state index < -0.39 is 0 Å². The Kier molecular flexibility index (Phi) is 8.14. The Bertz CT molecular complexity index is 558. The molecule has 0 amide bonds. The third-order valence-corrected chi connectivity index (χ3v) is 3.70. The lowest BCUT2D eigenvalue weighted by Crippen LogP contribution is -2.36. The summed E-state index contributed by atoms with van der Waals surface area (Å²) in [6.45, 7) is 1.50. The van der Waals surface area contributed by atoms with E-state index in [0.717, 1.165) is 23.8 Å². The number of halogens is 1. The van der Waals surface area contributed by atoms with Gasteiger partial charge >= 0.3 is 0 Å². The normalized spacial score (nSPS) is 10.7. The third-order valence-electron chi connectivity index (χ3n) is 2.83. The Morgan fingerprint density at radius 3 is 2.67 bits per heavy atom. The van der Waals surface area contributed by atoms with Gasteiger partial charge in [0, 0.05) is 18.5 Å². The van der Waals surface area contributed by atoms with Gasteiger partial charge in [-0.3, -0.25) is 4.99 Å². The highest BCUT2D eigenvalue weighted by molar-refractivity contribution is 14.0. The molecule has 114 valence electrons. The minimum absolute atomic E-state index is 0. The Morgan fingerprint density at radius 2 is 2.00 bits per heavy atom. The first kappa shape index (κ1) is 17.8. The van der Waals surface area contributed by atoms with E-state index >= 15 is 0 Å². The number of rotatable bonds is 5. The van der Waals surface area contributed by atoms with Crippen LogP contribution in [0.3, 0.4) is 0 Å². The van der Waals surface area contributed by atoms with Crippen LogP contribution in [-0.4, -0.2) is 20.1 Å². The standard InChI is InChI=1S/C15H19N3OS.HI/c1-16-15(18-11-14-7-4-8-20-14)17-10-12-5-3-6-13(9-12)19-2;/h3-9H,10-11H2,1-2H3,(H2,16,17,18);1H. The number of ether oxygens (including phenoxy) is 1. The fraction of sp³-hybridized carbons (Fsp3) is 0.267. The van der Waals surface area contributed by atoms with Crippen LogP contribution in [0.25, 0.3) is 0 Å². The van der Waals surface area contributed by atoms with E-state index in [1.807, 2.05) is 24.3 Å². The number of nitrogens with zero attached hydrogens (tertiary/aromatic N) is 1. The molecule has 0 aliphatic carbocycles. The zero-order chi connectivity index (χ0) is 14.2. The molecule has 1 aromatic carbocycles. The lowest BCUT2D eigenvalue weighted by atomic mass is 10.2. The van der Waals surface area contributed by atoms with Crippen LogP contribution in [0.1, 0.15) is 10.4 Å². The number of benzene rings is 1. The number of guanidine groups is 1. The summed E-state index contributed by atoms with van der Waals surface area (Å²) in [5, 5.41) is 8.65. The van der Waals surface area contributed by atoms with Gasteiger partial charge in [-0.05, 0) is 29.1 Å². The molecule has 0 spiro atoms. The highest BCUT2D eigenvalue weighted by Gasteiger charge is 2.00. The van der Waals surface area contributed by atoms with Crippen LogP contribution in [-0.2, 0) is 13.1 Å². The smallest absolute Gasteiger partial charge is 0.191 e. The molecule has 0 bridgehead atoms. The fourth-order valence-electron chi connectivity index (χ4n) is 1.77. The highest BCUT2D eigenvalue weighted by Crippen LogP contribution is 2.12. The van der Waals surface area contributed by atoms with Crippen molar-refractivity contribution in [3.05, 3.63) is 52.2 Å². The van der Waals surface area contributed by atoms with Crippen molar-refractivity contribution in [2.24, 2.45) is 4.99 Å². The van der Waals surface area contributed by atoms with Crippen molar-refractivity contribution in [3.63, 3.8) is 0 Å². The first-order chi connectivity index (χ1) is 9.81. The second-order valence-electron chi connectivity index (χ2n) is 4.21. The van der Waals surface area contributed by atoms with Crippen molar-refractivity contribution in [1.82, 2.24) is 10.6 Å². The maximum Gasteiger partial charge on any atom is 0.191 e. The van der Waals surface area contributed by atoms with E-state index in [1.165, 1.54) is 4.88 Å². The van der Waals surface area contributed by atoms with E-state index in [9.17, 15) is 0 Å². The number of hydrogen-bond acceptors (Lipinski definition) is 3. The summed E-state index contributed by atoms with van der Waals surface area (Å²) in [6.07, 6.45) is 0. The summed E-state index contributed by atoms with van der Waals surface area (Å²) >= 11 is 1.73. The molecular weight excluding hydrogens is 397 g/mol. The van der Waals surface area contributed by atoms with E-state index in [2.05, 4.69) is 33.1 Å².